The Hall–Kier alpha value is -4.18. The average molecular weight is 551 g/mol. The van der Waals surface area contributed by atoms with Gasteiger partial charge in [-0.3, -0.25) is 4.79 Å². The number of oxazole rings is 1. The predicted octanol–water partition coefficient (Wildman–Crippen LogP) is 4.80. The fourth-order valence-corrected chi connectivity index (χ4v) is 3.86. The zero-order valence-corrected chi connectivity index (χ0v) is 22.8. The average Bonchev–Trinajstić information content (AvgIpc) is 3.49. The van der Waals surface area contributed by atoms with E-state index in [1.165, 1.54) is 6.26 Å². The summed E-state index contributed by atoms with van der Waals surface area (Å²) in [5.74, 6) is -0.829. The minimum atomic E-state index is -0.907. The van der Waals surface area contributed by atoms with E-state index in [0.717, 1.165) is 24.0 Å². The quantitative estimate of drug-likeness (QED) is 0.170. The lowest BCUT2D eigenvalue weighted by atomic mass is 10.1. The topological polar surface area (TPSA) is 146 Å². The highest BCUT2D eigenvalue weighted by Crippen LogP contribution is 2.16. The van der Waals surface area contributed by atoms with Crippen LogP contribution in [0.2, 0.25) is 0 Å². The van der Waals surface area contributed by atoms with Gasteiger partial charge in [0.1, 0.15) is 25.5 Å². The third kappa shape index (κ3) is 10.5. The van der Waals surface area contributed by atoms with Crippen LogP contribution in [0.4, 0.5) is 4.79 Å². The van der Waals surface area contributed by atoms with E-state index in [9.17, 15) is 14.4 Å². The molecule has 2 unspecified atom stereocenters. The van der Waals surface area contributed by atoms with Crippen molar-refractivity contribution in [2.45, 2.75) is 70.7 Å². The molecule has 0 aliphatic heterocycles. The summed E-state index contributed by atoms with van der Waals surface area (Å²) in [6, 6.07) is 17.4. The van der Waals surface area contributed by atoms with Crippen LogP contribution in [-0.4, -0.2) is 35.5 Å². The molecule has 2 atom stereocenters. The Morgan fingerprint density at radius 3 is 2.20 bits per heavy atom. The molecule has 0 radical (unpaired) electrons. The molecular weight excluding hydrogens is 512 g/mol. The molecule has 0 bridgehead atoms. The van der Waals surface area contributed by atoms with Crippen molar-refractivity contribution < 1.29 is 28.3 Å². The number of hydrogen-bond acceptors (Lipinski definition) is 8. The summed E-state index contributed by atoms with van der Waals surface area (Å²) in [5, 5.41) is 5.41. The van der Waals surface area contributed by atoms with Gasteiger partial charge < -0.3 is 30.3 Å². The van der Waals surface area contributed by atoms with E-state index in [0.29, 0.717) is 32.2 Å². The monoisotopic (exact) mass is 550 g/mol. The van der Waals surface area contributed by atoms with Gasteiger partial charge >= 0.3 is 12.1 Å². The smallest absolute Gasteiger partial charge is 0.407 e. The maximum Gasteiger partial charge on any atom is 0.407 e. The minimum Gasteiger partial charge on any atom is -0.459 e. The summed E-state index contributed by atoms with van der Waals surface area (Å²) in [6.45, 7) is 2.68. The predicted molar refractivity (Wildman–Crippen MR) is 149 cm³/mol. The molecule has 214 valence electrons. The second kappa shape index (κ2) is 16.7. The third-order valence-corrected chi connectivity index (χ3v) is 6.16. The number of amides is 2. The zero-order chi connectivity index (χ0) is 28.6. The molecule has 40 heavy (non-hydrogen) atoms. The first-order chi connectivity index (χ1) is 19.5. The van der Waals surface area contributed by atoms with Crippen molar-refractivity contribution in [2.24, 2.45) is 5.73 Å². The molecule has 4 N–H and O–H groups in total. The number of alkyl carbamates (subject to hydrolysis) is 1. The number of ether oxygens (including phenoxy) is 2. The molecule has 10 heteroatoms. The Bertz CT molecular complexity index is 1190. The first kappa shape index (κ1) is 30.4. The summed E-state index contributed by atoms with van der Waals surface area (Å²) in [5.41, 5.74) is 7.88. The first-order valence-electron chi connectivity index (χ1n) is 13.6. The van der Waals surface area contributed by atoms with Gasteiger partial charge in [-0.25, -0.2) is 14.6 Å². The van der Waals surface area contributed by atoms with E-state index < -0.39 is 30.1 Å². The molecular formula is C30H38N4O6. The van der Waals surface area contributed by atoms with E-state index in [1.54, 1.807) is 0 Å². The number of nitrogens with one attached hydrogen (secondary N) is 2. The van der Waals surface area contributed by atoms with Crippen LogP contribution in [0.1, 0.15) is 79.0 Å². The van der Waals surface area contributed by atoms with Crippen molar-refractivity contribution in [1.29, 1.82) is 0 Å². The van der Waals surface area contributed by atoms with Gasteiger partial charge in [-0.2, -0.15) is 0 Å². The highest BCUT2D eigenvalue weighted by molar-refractivity contribution is 5.94. The Kier molecular flexibility index (Phi) is 12.7. The number of nitrogens with zero attached hydrogens (tertiary/aromatic N) is 1. The van der Waals surface area contributed by atoms with Crippen LogP contribution in [0.5, 0.6) is 0 Å². The molecule has 10 nitrogen and oxygen atoms in total. The number of nitrogens with two attached hydrogens (primary N) is 1. The number of aromatic nitrogens is 1. The standard InChI is InChI=1S/C30H38N4O6/c1-2-3-16-24(31)28-34-26(21-38-28)27(35)33-25(29(36)39-19-22-12-6-4-7-13-22)17-10-11-18-32-30(37)40-20-23-14-8-5-9-15-23/h4-9,12-15,21,24-25H,2-3,10-11,16-20,31H2,1H3,(H,32,37)(H,33,35). The van der Waals surface area contributed by atoms with Gasteiger partial charge in [0.05, 0.1) is 6.04 Å². The summed E-state index contributed by atoms with van der Waals surface area (Å²) in [4.78, 5) is 42.0. The molecule has 2 aromatic carbocycles. The van der Waals surface area contributed by atoms with Crippen LogP contribution >= 0.6 is 0 Å². The second-order valence-corrected chi connectivity index (χ2v) is 9.42. The second-order valence-electron chi connectivity index (χ2n) is 9.42. The molecule has 1 heterocycles. The molecule has 2 amide bonds. The summed E-state index contributed by atoms with van der Waals surface area (Å²) < 4.78 is 16.1. The molecule has 3 aromatic rings. The number of rotatable bonds is 16. The summed E-state index contributed by atoms with van der Waals surface area (Å²) >= 11 is 0. The molecule has 0 saturated carbocycles. The summed E-state index contributed by atoms with van der Waals surface area (Å²) in [7, 11) is 0. The highest BCUT2D eigenvalue weighted by Gasteiger charge is 2.25. The molecule has 1 aromatic heterocycles. The maximum atomic E-state index is 12.9. The number of unbranched alkanes of at least 4 members (excludes halogenated alkanes) is 2. The molecule has 0 aliphatic rings. The van der Waals surface area contributed by atoms with E-state index in [-0.39, 0.29) is 24.8 Å². The SMILES string of the molecule is CCCCC(N)c1nc(C(=O)NC(CCCCNC(=O)OCc2ccccc2)C(=O)OCc2ccccc2)co1. The highest BCUT2D eigenvalue weighted by atomic mass is 16.5. The van der Waals surface area contributed by atoms with Crippen LogP contribution in [0.3, 0.4) is 0 Å². The lowest BCUT2D eigenvalue weighted by Crippen LogP contribution is -2.42. The first-order valence-corrected chi connectivity index (χ1v) is 13.6. The van der Waals surface area contributed by atoms with Crippen molar-refractivity contribution in [2.75, 3.05) is 6.54 Å². The van der Waals surface area contributed by atoms with Crippen LogP contribution in [0.25, 0.3) is 0 Å². The van der Waals surface area contributed by atoms with Crippen LogP contribution in [0, 0.1) is 0 Å². The van der Waals surface area contributed by atoms with Crippen molar-refractivity contribution in [3.05, 3.63) is 89.6 Å². The third-order valence-electron chi connectivity index (χ3n) is 6.16. The van der Waals surface area contributed by atoms with E-state index in [2.05, 4.69) is 22.5 Å². The fourth-order valence-electron chi connectivity index (χ4n) is 3.86. The van der Waals surface area contributed by atoms with Gasteiger partial charge in [-0.05, 0) is 36.8 Å². The molecule has 0 saturated heterocycles. The van der Waals surface area contributed by atoms with Gasteiger partial charge in [-0.15, -0.1) is 0 Å². The Morgan fingerprint density at radius 2 is 1.55 bits per heavy atom. The normalized spacial score (nSPS) is 12.2. The zero-order valence-electron chi connectivity index (χ0n) is 22.8. The Balaban J connectivity index is 1.50. The van der Waals surface area contributed by atoms with Crippen LogP contribution in [-0.2, 0) is 27.5 Å². The maximum absolute atomic E-state index is 12.9. The van der Waals surface area contributed by atoms with Crippen molar-refractivity contribution in [3.63, 3.8) is 0 Å². The molecule has 3 rings (SSSR count). The molecule has 0 aliphatic carbocycles. The van der Waals surface area contributed by atoms with Crippen LogP contribution in [0.15, 0.2) is 71.3 Å². The number of esters is 1. The lowest BCUT2D eigenvalue weighted by Gasteiger charge is -2.17. The molecule has 0 fully saturated rings. The summed E-state index contributed by atoms with van der Waals surface area (Å²) in [6.07, 6.45) is 4.73. The van der Waals surface area contributed by atoms with Gasteiger partial charge in [-0.1, -0.05) is 80.4 Å². The van der Waals surface area contributed by atoms with Crippen LogP contribution < -0.4 is 16.4 Å². The number of carbonyl (C=O) groups is 3. The Morgan fingerprint density at radius 1 is 0.900 bits per heavy atom. The van der Waals surface area contributed by atoms with E-state index in [1.807, 2.05) is 60.7 Å². The molecule has 0 spiro atoms. The van der Waals surface area contributed by atoms with Crippen molar-refractivity contribution in [3.8, 4) is 0 Å². The van der Waals surface area contributed by atoms with Gasteiger partial charge in [0.2, 0.25) is 5.89 Å². The van der Waals surface area contributed by atoms with Gasteiger partial charge in [0, 0.05) is 6.54 Å². The largest absolute Gasteiger partial charge is 0.459 e. The number of benzene rings is 2. The lowest BCUT2D eigenvalue weighted by molar-refractivity contribution is -0.147. The fraction of sp³-hybridized carbons (Fsp3) is 0.400. The number of hydrogen-bond donors (Lipinski definition) is 3. The van der Waals surface area contributed by atoms with E-state index >= 15 is 0 Å². The van der Waals surface area contributed by atoms with Crippen molar-refractivity contribution >= 4 is 18.0 Å². The van der Waals surface area contributed by atoms with Gasteiger partial charge in [0.15, 0.2) is 5.69 Å². The van der Waals surface area contributed by atoms with Crippen molar-refractivity contribution in [1.82, 2.24) is 15.6 Å². The van der Waals surface area contributed by atoms with Gasteiger partial charge in [0.25, 0.3) is 5.91 Å². The Labute approximate surface area is 234 Å². The number of carbonyl (C=O) groups excluding carboxylic acids is 3. The van der Waals surface area contributed by atoms with E-state index in [4.69, 9.17) is 19.6 Å². The minimum absolute atomic E-state index is 0.0469.